The molecule has 9 heteroatoms. The standard InChI is InChI=1S/C22H29N5O4/c1-15-7-9-17(10-8-15)31-14-16(28)13-27-18-19(25(2)22(30)24-20(18)29)23-21(27)26-11-5-3-4-6-12-26/h7-10,16,28H,3-6,11-14H2,1-2H3,(H,24,29,30). The van der Waals surface area contributed by atoms with Crippen molar-refractivity contribution in [3.8, 4) is 5.75 Å². The Hall–Kier alpha value is -3.07. The van der Waals surface area contributed by atoms with Crippen molar-refractivity contribution in [2.45, 2.75) is 45.3 Å². The van der Waals surface area contributed by atoms with Crippen LogP contribution in [0.15, 0.2) is 33.9 Å². The Morgan fingerprint density at radius 2 is 1.81 bits per heavy atom. The molecule has 166 valence electrons. The maximum absolute atomic E-state index is 12.7. The quantitative estimate of drug-likeness (QED) is 0.618. The fourth-order valence-electron chi connectivity index (χ4n) is 4.00. The topological polar surface area (TPSA) is 105 Å². The van der Waals surface area contributed by atoms with Gasteiger partial charge in [-0.15, -0.1) is 0 Å². The molecule has 0 bridgehead atoms. The molecule has 3 aromatic rings. The summed E-state index contributed by atoms with van der Waals surface area (Å²) >= 11 is 0. The molecule has 1 fully saturated rings. The molecule has 2 N–H and O–H groups in total. The van der Waals surface area contributed by atoms with Crippen LogP contribution in [0, 0.1) is 6.92 Å². The fraction of sp³-hybridized carbons (Fsp3) is 0.500. The molecule has 1 atom stereocenters. The number of imidazole rings is 1. The van der Waals surface area contributed by atoms with Gasteiger partial charge in [0, 0.05) is 20.1 Å². The van der Waals surface area contributed by atoms with Gasteiger partial charge in [0.1, 0.15) is 18.5 Å². The second-order valence-electron chi connectivity index (χ2n) is 8.19. The number of hydrogen-bond donors (Lipinski definition) is 2. The highest BCUT2D eigenvalue weighted by Crippen LogP contribution is 2.23. The number of aryl methyl sites for hydroxylation is 2. The zero-order chi connectivity index (χ0) is 22.0. The van der Waals surface area contributed by atoms with Crippen molar-refractivity contribution >= 4 is 17.1 Å². The molecule has 0 amide bonds. The Morgan fingerprint density at radius 1 is 1.13 bits per heavy atom. The largest absolute Gasteiger partial charge is 0.491 e. The summed E-state index contributed by atoms with van der Waals surface area (Å²) in [6.45, 7) is 3.86. The molecule has 1 aliphatic rings. The fourth-order valence-corrected chi connectivity index (χ4v) is 4.00. The minimum Gasteiger partial charge on any atom is -0.491 e. The average Bonchev–Trinajstić information content (AvgIpc) is 2.93. The van der Waals surface area contributed by atoms with Crippen molar-refractivity contribution in [3.63, 3.8) is 0 Å². The van der Waals surface area contributed by atoms with E-state index in [-0.39, 0.29) is 18.7 Å². The first kappa shape index (κ1) is 21.2. The van der Waals surface area contributed by atoms with E-state index >= 15 is 0 Å². The number of rotatable bonds is 6. The lowest BCUT2D eigenvalue weighted by Gasteiger charge is -2.23. The van der Waals surface area contributed by atoms with Crippen LogP contribution in [0.1, 0.15) is 31.2 Å². The van der Waals surface area contributed by atoms with E-state index < -0.39 is 17.4 Å². The Bertz CT molecular complexity index is 1150. The summed E-state index contributed by atoms with van der Waals surface area (Å²) in [5, 5.41) is 10.7. The molecule has 0 radical (unpaired) electrons. The van der Waals surface area contributed by atoms with Gasteiger partial charge in [-0.3, -0.25) is 14.3 Å². The number of hydrogen-bond acceptors (Lipinski definition) is 6. The Kier molecular flexibility index (Phi) is 6.13. The molecule has 1 aromatic carbocycles. The summed E-state index contributed by atoms with van der Waals surface area (Å²) in [4.78, 5) is 33.9. The van der Waals surface area contributed by atoms with Gasteiger partial charge in [0.25, 0.3) is 5.56 Å². The summed E-state index contributed by atoms with van der Waals surface area (Å²) in [6, 6.07) is 7.61. The molecule has 1 aliphatic heterocycles. The minimum atomic E-state index is -0.860. The van der Waals surface area contributed by atoms with Gasteiger partial charge >= 0.3 is 5.69 Å². The van der Waals surface area contributed by atoms with Gasteiger partial charge in [-0.25, -0.2) is 4.79 Å². The van der Waals surface area contributed by atoms with Crippen LogP contribution in [0.25, 0.3) is 11.2 Å². The highest BCUT2D eigenvalue weighted by molar-refractivity contribution is 5.74. The van der Waals surface area contributed by atoms with E-state index in [0.717, 1.165) is 44.3 Å². The molecule has 0 aliphatic carbocycles. The van der Waals surface area contributed by atoms with Crippen molar-refractivity contribution in [1.29, 1.82) is 0 Å². The molecule has 31 heavy (non-hydrogen) atoms. The number of nitrogens with zero attached hydrogens (tertiary/aromatic N) is 4. The monoisotopic (exact) mass is 427 g/mol. The molecule has 3 heterocycles. The zero-order valence-corrected chi connectivity index (χ0v) is 18.0. The number of ether oxygens (including phenoxy) is 1. The number of anilines is 1. The van der Waals surface area contributed by atoms with Crippen molar-refractivity contribution in [2.24, 2.45) is 7.05 Å². The number of aromatic nitrogens is 4. The van der Waals surface area contributed by atoms with Crippen molar-refractivity contribution in [1.82, 2.24) is 19.1 Å². The SMILES string of the molecule is Cc1ccc(OCC(O)Cn2c(N3CCCCCC3)nc3c2c(=O)[nH]c(=O)n3C)cc1. The molecule has 9 nitrogen and oxygen atoms in total. The van der Waals surface area contributed by atoms with Crippen LogP contribution in [0.5, 0.6) is 5.75 Å². The highest BCUT2D eigenvalue weighted by atomic mass is 16.5. The van der Waals surface area contributed by atoms with Crippen LogP contribution in [-0.4, -0.2) is 50.0 Å². The third kappa shape index (κ3) is 4.51. The van der Waals surface area contributed by atoms with Gasteiger partial charge in [0.2, 0.25) is 5.95 Å². The number of fused-ring (bicyclic) bond motifs is 1. The van der Waals surface area contributed by atoms with Crippen molar-refractivity contribution in [3.05, 3.63) is 50.7 Å². The average molecular weight is 428 g/mol. The van der Waals surface area contributed by atoms with E-state index in [9.17, 15) is 14.7 Å². The van der Waals surface area contributed by atoms with Gasteiger partial charge in [0.05, 0.1) is 6.54 Å². The Labute approximate surface area is 179 Å². The van der Waals surface area contributed by atoms with Gasteiger partial charge in [0.15, 0.2) is 11.2 Å². The molecule has 0 saturated carbocycles. The van der Waals surface area contributed by atoms with E-state index in [0.29, 0.717) is 17.3 Å². The molecule has 1 unspecified atom stereocenters. The van der Waals surface area contributed by atoms with Crippen LogP contribution >= 0.6 is 0 Å². The van der Waals surface area contributed by atoms with E-state index in [1.807, 2.05) is 31.2 Å². The number of aliphatic hydroxyl groups excluding tert-OH is 1. The van der Waals surface area contributed by atoms with Gasteiger partial charge in [-0.2, -0.15) is 4.98 Å². The zero-order valence-electron chi connectivity index (χ0n) is 18.0. The number of H-pyrrole nitrogens is 1. The van der Waals surface area contributed by atoms with Crippen molar-refractivity contribution < 1.29 is 9.84 Å². The summed E-state index contributed by atoms with van der Waals surface area (Å²) < 4.78 is 8.78. The summed E-state index contributed by atoms with van der Waals surface area (Å²) in [5.74, 6) is 1.28. The first-order valence-corrected chi connectivity index (χ1v) is 10.8. The molecular weight excluding hydrogens is 398 g/mol. The normalized spacial score (nSPS) is 15.8. The maximum atomic E-state index is 12.7. The lowest BCUT2D eigenvalue weighted by Crippen LogP contribution is -2.32. The number of nitrogens with one attached hydrogen (secondary N) is 1. The maximum Gasteiger partial charge on any atom is 0.329 e. The minimum absolute atomic E-state index is 0.0752. The second kappa shape index (κ2) is 8.97. The van der Waals surface area contributed by atoms with E-state index in [2.05, 4.69) is 14.9 Å². The first-order valence-electron chi connectivity index (χ1n) is 10.8. The predicted octanol–water partition coefficient (Wildman–Crippen LogP) is 1.55. The van der Waals surface area contributed by atoms with Crippen LogP contribution in [0.2, 0.25) is 0 Å². The van der Waals surface area contributed by atoms with Crippen LogP contribution in [0.4, 0.5) is 5.95 Å². The summed E-state index contributed by atoms with van der Waals surface area (Å²) in [7, 11) is 1.58. The molecule has 0 spiro atoms. The summed E-state index contributed by atoms with van der Waals surface area (Å²) in [5.41, 5.74) is 0.728. The number of benzene rings is 1. The van der Waals surface area contributed by atoms with Gasteiger partial charge < -0.3 is 19.3 Å². The molecular formula is C22H29N5O4. The Balaban J connectivity index is 1.66. The second-order valence-corrected chi connectivity index (χ2v) is 8.19. The van der Waals surface area contributed by atoms with Gasteiger partial charge in [-0.1, -0.05) is 30.5 Å². The summed E-state index contributed by atoms with van der Waals surface area (Å²) in [6.07, 6.45) is 3.53. The van der Waals surface area contributed by atoms with Crippen LogP contribution < -0.4 is 20.9 Å². The smallest absolute Gasteiger partial charge is 0.329 e. The molecule has 4 rings (SSSR count). The third-order valence-corrected chi connectivity index (χ3v) is 5.73. The van der Waals surface area contributed by atoms with Gasteiger partial charge in [-0.05, 0) is 31.9 Å². The van der Waals surface area contributed by atoms with E-state index in [1.165, 1.54) is 4.57 Å². The Morgan fingerprint density at radius 3 is 2.48 bits per heavy atom. The van der Waals surface area contributed by atoms with Crippen LogP contribution in [0.3, 0.4) is 0 Å². The van der Waals surface area contributed by atoms with Crippen LogP contribution in [-0.2, 0) is 13.6 Å². The highest BCUT2D eigenvalue weighted by Gasteiger charge is 2.24. The van der Waals surface area contributed by atoms with Crippen molar-refractivity contribution in [2.75, 3.05) is 24.6 Å². The lowest BCUT2D eigenvalue weighted by atomic mass is 10.2. The predicted molar refractivity (Wildman–Crippen MR) is 119 cm³/mol. The molecule has 2 aromatic heterocycles. The number of aliphatic hydroxyl groups is 1. The first-order chi connectivity index (χ1) is 14.9. The number of aromatic amines is 1. The van der Waals surface area contributed by atoms with E-state index in [1.54, 1.807) is 11.6 Å². The molecule has 1 saturated heterocycles. The van der Waals surface area contributed by atoms with E-state index in [4.69, 9.17) is 4.74 Å². The lowest BCUT2D eigenvalue weighted by molar-refractivity contribution is 0.0936. The third-order valence-electron chi connectivity index (χ3n) is 5.73.